The van der Waals surface area contributed by atoms with E-state index in [1.54, 1.807) is 7.11 Å². The number of hydrogen-bond acceptors (Lipinski definition) is 2. The van der Waals surface area contributed by atoms with Gasteiger partial charge in [-0.2, -0.15) is 0 Å². The molecular formula is C12H15ClO2. The van der Waals surface area contributed by atoms with Crippen LogP contribution >= 0.6 is 11.6 Å². The molecule has 1 saturated carbocycles. The molecule has 2 nitrogen and oxygen atoms in total. The predicted octanol–water partition coefficient (Wildman–Crippen LogP) is 2.72. The second kappa shape index (κ2) is 3.69. The molecule has 0 saturated heterocycles. The zero-order valence-corrected chi connectivity index (χ0v) is 9.77. The van der Waals surface area contributed by atoms with E-state index in [4.69, 9.17) is 16.3 Å². The molecule has 0 unspecified atom stereocenters. The Morgan fingerprint density at radius 2 is 2.13 bits per heavy atom. The first-order chi connectivity index (χ1) is 7.04. The molecule has 82 valence electrons. The SMILES string of the molecule is COc1cc(C)c(Cl)cc1CC1(O)CC1. The van der Waals surface area contributed by atoms with Crippen molar-refractivity contribution in [1.29, 1.82) is 0 Å². The lowest BCUT2D eigenvalue weighted by Gasteiger charge is -2.13. The van der Waals surface area contributed by atoms with Crippen molar-refractivity contribution in [2.24, 2.45) is 0 Å². The number of rotatable bonds is 3. The normalized spacial score (nSPS) is 17.6. The lowest BCUT2D eigenvalue weighted by Crippen LogP contribution is -2.11. The first kappa shape index (κ1) is 10.8. The molecule has 0 aromatic heterocycles. The Morgan fingerprint density at radius 1 is 1.47 bits per heavy atom. The minimum absolute atomic E-state index is 0.508. The summed E-state index contributed by atoms with van der Waals surface area (Å²) < 4.78 is 5.29. The quantitative estimate of drug-likeness (QED) is 0.859. The van der Waals surface area contributed by atoms with Gasteiger partial charge in [-0.25, -0.2) is 0 Å². The Bertz CT molecular complexity index is 383. The molecule has 1 N–H and O–H groups in total. The van der Waals surface area contributed by atoms with E-state index < -0.39 is 5.60 Å². The topological polar surface area (TPSA) is 29.5 Å². The third kappa shape index (κ3) is 2.27. The number of aliphatic hydroxyl groups is 1. The second-order valence-electron chi connectivity index (χ2n) is 4.31. The first-order valence-electron chi connectivity index (χ1n) is 5.09. The number of halogens is 1. The number of hydrogen-bond donors (Lipinski definition) is 1. The summed E-state index contributed by atoms with van der Waals surface area (Å²) in [6.07, 6.45) is 2.39. The Hall–Kier alpha value is -0.730. The van der Waals surface area contributed by atoms with Crippen LogP contribution in [0, 0.1) is 6.92 Å². The zero-order valence-electron chi connectivity index (χ0n) is 9.01. The fourth-order valence-electron chi connectivity index (χ4n) is 1.70. The van der Waals surface area contributed by atoms with Crippen LogP contribution in [0.15, 0.2) is 12.1 Å². The summed E-state index contributed by atoms with van der Waals surface area (Å²) in [6, 6.07) is 3.81. The van der Waals surface area contributed by atoms with Crippen molar-refractivity contribution in [3.8, 4) is 5.75 Å². The molecule has 1 aromatic carbocycles. The number of aryl methyl sites for hydroxylation is 1. The molecule has 1 aliphatic rings. The molecule has 0 amide bonds. The van der Waals surface area contributed by atoms with E-state index in [9.17, 15) is 5.11 Å². The minimum atomic E-state index is -0.508. The summed E-state index contributed by atoms with van der Waals surface area (Å²) in [7, 11) is 1.64. The summed E-state index contributed by atoms with van der Waals surface area (Å²) in [4.78, 5) is 0. The van der Waals surface area contributed by atoms with Crippen molar-refractivity contribution in [1.82, 2.24) is 0 Å². The molecule has 0 spiro atoms. The average molecular weight is 227 g/mol. The fourth-order valence-corrected chi connectivity index (χ4v) is 1.89. The summed E-state index contributed by atoms with van der Waals surface area (Å²) in [5.41, 5.74) is 1.49. The van der Waals surface area contributed by atoms with Crippen LogP contribution in [-0.4, -0.2) is 17.8 Å². The van der Waals surface area contributed by atoms with Gasteiger partial charge < -0.3 is 9.84 Å². The molecule has 3 heteroatoms. The molecule has 1 aromatic rings. The van der Waals surface area contributed by atoms with Gasteiger partial charge in [0.2, 0.25) is 0 Å². The van der Waals surface area contributed by atoms with Gasteiger partial charge in [0.1, 0.15) is 5.75 Å². The highest BCUT2D eigenvalue weighted by atomic mass is 35.5. The Labute approximate surface area is 94.8 Å². The van der Waals surface area contributed by atoms with E-state index in [2.05, 4.69) is 0 Å². The molecule has 0 aliphatic heterocycles. The third-order valence-electron chi connectivity index (χ3n) is 2.91. The molecule has 0 bridgehead atoms. The van der Waals surface area contributed by atoms with Crippen LogP contribution in [0.5, 0.6) is 5.75 Å². The van der Waals surface area contributed by atoms with Crippen molar-refractivity contribution in [3.05, 3.63) is 28.3 Å². The van der Waals surface area contributed by atoms with E-state index >= 15 is 0 Å². The highest BCUT2D eigenvalue weighted by molar-refractivity contribution is 6.31. The molecule has 2 rings (SSSR count). The van der Waals surface area contributed by atoms with Gasteiger partial charge in [-0.15, -0.1) is 0 Å². The maximum atomic E-state index is 9.86. The van der Waals surface area contributed by atoms with Crippen LogP contribution in [-0.2, 0) is 6.42 Å². The lowest BCUT2D eigenvalue weighted by atomic mass is 10.0. The Balaban J connectivity index is 2.31. The Morgan fingerprint density at radius 3 is 2.67 bits per heavy atom. The highest BCUT2D eigenvalue weighted by Crippen LogP contribution is 2.41. The molecule has 0 heterocycles. The largest absolute Gasteiger partial charge is 0.496 e. The van der Waals surface area contributed by atoms with Crippen LogP contribution in [0.4, 0.5) is 0 Å². The molecule has 15 heavy (non-hydrogen) atoms. The van der Waals surface area contributed by atoms with Gasteiger partial charge in [-0.1, -0.05) is 11.6 Å². The van der Waals surface area contributed by atoms with Gasteiger partial charge in [0.05, 0.1) is 12.7 Å². The first-order valence-corrected chi connectivity index (χ1v) is 5.47. The van der Waals surface area contributed by atoms with E-state index in [1.807, 2.05) is 19.1 Å². The van der Waals surface area contributed by atoms with Gasteiger partial charge in [-0.05, 0) is 43.0 Å². The van der Waals surface area contributed by atoms with E-state index in [0.29, 0.717) is 6.42 Å². The average Bonchev–Trinajstić information content (AvgIpc) is 2.89. The summed E-state index contributed by atoms with van der Waals surface area (Å²) >= 11 is 6.05. The van der Waals surface area contributed by atoms with Crippen molar-refractivity contribution >= 4 is 11.6 Å². The fraction of sp³-hybridized carbons (Fsp3) is 0.500. The van der Waals surface area contributed by atoms with Crippen molar-refractivity contribution < 1.29 is 9.84 Å². The smallest absolute Gasteiger partial charge is 0.122 e. The van der Waals surface area contributed by atoms with Crippen molar-refractivity contribution in [2.75, 3.05) is 7.11 Å². The van der Waals surface area contributed by atoms with E-state index in [-0.39, 0.29) is 0 Å². The van der Waals surface area contributed by atoms with Crippen LogP contribution < -0.4 is 4.74 Å². The number of benzene rings is 1. The minimum Gasteiger partial charge on any atom is -0.496 e. The van der Waals surface area contributed by atoms with E-state index in [0.717, 1.165) is 34.7 Å². The summed E-state index contributed by atoms with van der Waals surface area (Å²) in [5.74, 6) is 0.817. The van der Waals surface area contributed by atoms with Gasteiger partial charge in [-0.3, -0.25) is 0 Å². The maximum Gasteiger partial charge on any atom is 0.122 e. The summed E-state index contributed by atoms with van der Waals surface area (Å²) in [6.45, 7) is 1.94. The molecular weight excluding hydrogens is 212 g/mol. The lowest BCUT2D eigenvalue weighted by molar-refractivity contribution is 0.150. The highest BCUT2D eigenvalue weighted by Gasteiger charge is 2.40. The van der Waals surface area contributed by atoms with Gasteiger partial charge in [0.25, 0.3) is 0 Å². The van der Waals surface area contributed by atoms with E-state index in [1.165, 1.54) is 0 Å². The van der Waals surface area contributed by atoms with Crippen LogP contribution in [0.2, 0.25) is 5.02 Å². The second-order valence-corrected chi connectivity index (χ2v) is 4.72. The van der Waals surface area contributed by atoms with Crippen LogP contribution in [0.1, 0.15) is 24.0 Å². The van der Waals surface area contributed by atoms with Crippen molar-refractivity contribution in [2.45, 2.75) is 31.8 Å². The zero-order chi connectivity index (χ0) is 11.1. The van der Waals surface area contributed by atoms with Crippen molar-refractivity contribution in [3.63, 3.8) is 0 Å². The number of methoxy groups -OCH3 is 1. The van der Waals surface area contributed by atoms with Gasteiger partial charge in [0.15, 0.2) is 0 Å². The monoisotopic (exact) mass is 226 g/mol. The Kier molecular flexibility index (Phi) is 2.65. The predicted molar refractivity (Wildman–Crippen MR) is 60.6 cm³/mol. The molecule has 1 fully saturated rings. The number of ether oxygens (including phenoxy) is 1. The van der Waals surface area contributed by atoms with Gasteiger partial charge >= 0.3 is 0 Å². The third-order valence-corrected chi connectivity index (χ3v) is 3.32. The summed E-state index contributed by atoms with van der Waals surface area (Å²) in [5, 5.41) is 10.6. The van der Waals surface area contributed by atoms with Crippen LogP contribution in [0.25, 0.3) is 0 Å². The molecule has 0 atom stereocenters. The van der Waals surface area contributed by atoms with Gasteiger partial charge in [0, 0.05) is 11.4 Å². The standard InChI is InChI=1S/C12H15ClO2/c1-8-5-11(15-2)9(6-10(8)13)7-12(14)3-4-12/h5-6,14H,3-4,7H2,1-2H3. The molecule has 1 aliphatic carbocycles. The van der Waals surface area contributed by atoms with Crippen LogP contribution in [0.3, 0.4) is 0 Å². The molecule has 0 radical (unpaired) electrons. The maximum absolute atomic E-state index is 9.86.